The molecule has 0 aliphatic rings. The molecule has 7 heteroatoms. The zero-order valence-electron chi connectivity index (χ0n) is 10.1. The van der Waals surface area contributed by atoms with Crippen LogP contribution in [-0.4, -0.2) is 23.5 Å². The fourth-order valence-electron chi connectivity index (χ4n) is 1.46. The first-order valence-electron chi connectivity index (χ1n) is 5.32. The fraction of sp³-hybridized carbons (Fsp3) is 0.455. The Morgan fingerprint density at radius 1 is 1.61 bits per heavy atom. The van der Waals surface area contributed by atoms with Crippen molar-refractivity contribution in [1.29, 1.82) is 0 Å². The highest BCUT2D eigenvalue weighted by molar-refractivity contribution is 7.98. The lowest BCUT2D eigenvalue weighted by atomic mass is 10.2. The smallest absolute Gasteiger partial charge is 0.294 e. The molecule has 0 aliphatic carbocycles. The third kappa shape index (κ3) is 4.03. The lowest BCUT2D eigenvalue weighted by molar-refractivity contribution is -0.384. The molecule has 1 aromatic rings. The molecule has 0 amide bonds. The molecule has 0 radical (unpaired) electrons. The number of halogens is 2. The molecule has 0 saturated heterocycles. The summed E-state index contributed by atoms with van der Waals surface area (Å²) in [6.07, 6.45) is 1.99. The second-order valence-corrected chi connectivity index (χ2v) is 5.30. The number of rotatable bonds is 6. The van der Waals surface area contributed by atoms with Crippen molar-refractivity contribution in [3.05, 3.63) is 33.1 Å². The number of benzene rings is 1. The Bertz CT molecular complexity index is 445. The van der Waals surface area contributed by atoms with Crippen molar-refractivity contribution in [1.82, 2.24) is 0 Å². The number of nitrogens with zero attached hydrogens (tertiary/aromatic N) is 1. The molecular formula is C11H14ClFN2O2S. The van der Waals surface area contributed by atoms with Crippen LogP contribution in [-0.2, 0) is 0 Å². The number of anilines is 1. The number of thioether (sulfide) groups is 1. The van der Waals surface area contributed by atoms with Crippen LogP contribution in [0.15, 0.2) is 12.1 Å². The van der Waals surface area contributed by atoms with Crippen LogP contribution >= 0.6 is 23.4 Å². The monoisotopic (exact) mass is 292 g/mol. The summed E-state index contributed by atoms with van der Waals surface area (Å²) in [6, 6.07) is 2.09. The van der Waals surface area contributed by atoms with Gasteiger partial charge in [0.05, 0.1) is 9.95 Å². The van der Waals surface area contributed by atoms with E-state index in [2.05, 4.69) is 5.32 Å². The summed E-state index contributed by atoms with van der Waals surface area (Å²) in [4.78, 5) is 10.3. The van der Waals surface area contributed by atoms with Gasteiger partial charge < -0.3 is 5.32 Å². The van der Waals surface area contributed by atoms with E-state index in [1.165, 1.54) is 0 Å². The van der Waals surface area contributed by atoms with Crippen molar-refractivity contribution >= 4 is 34.7 Å². The Kier molecular flexibility index (Phi) is 5.68. The quantitative estimate of drug-likeness (QED) is 0.640. The van der Waals surface area contributed by atoms with Crippen LogP contribution in [0.1, 0.15) is 6.92 Å². The van der Waals surface area contributed by atoms with Crippen LogP contribution in [0.5, 0.6) is 0 Å². The Balaban J connectivity index is 2.86. The molecule has 1 rings (SSSR count). The summed E-state index contributed by atoms with van der Waals surface area (Å²) in [5.41, 5.74) is -0.0485. The molecule has 100 valence electrons. The van der Waals surface area contributed by atoms with Gasteiger partial charge in [0, 0.05) is 18.7 Å². The first-order chi connectivity index (χ1) is 8.45. The average Bonchev–Trinajstić information content (AvgIpc) is 2.30. The van der Waals surface area contributed by atoms with E-state index in [-0.39, 0.29) is 16.4 Å². The molecule has 1 atom stereocenters. The number of nitro groups is 1. The Labute approximate surface area is 114 Å². The minimum atomic E-state index is -0.665. The standard InChI is InChI=1S/C11H14ClFN2O2S/c1-7(6-18-2)5-14-10-4-9(13)8(12)3-11(10)15(16)17/h3-4,7,14H,5-6H2,1-2H3. The van der Waals surface area contributed by atoms with Crippen molar-refractivity contribution in [3.63, 3.8) is 0 Å². The molecule has 0 aliphatic heterocycles. The van der Waals surface area contributed by atoms with Gasteiger partial charge in [0.1, 0.15) is 11.5 Å². The summed E-state index contributed by atoms with van der Waals surface area (Å²) in [6.45, 7) is 2.56. The van der Waals surface area contributed by atoms with E-state index < -0.39 is 10.7 Å². The highest BCUT2D eigenvalue weighted by atomic mass is 35.5. The number of hydrogen-bond acceptors (Lipinski definition) is 4. The zero-order chi connectivity index (χ0) is 13.7. The summed E-state index contributed by atoms with van der Waals surface area (Å²) in [5, 5.41) is 13.5. The highest BCUT2D eigenvalue weighted by Crippen LogP contribution is 2.30. The molecule has 4 nitrogen and oxygen atoms in total. The predicted molar refractivity (Wildman–Crippen MR) is 74.1 cm³/mol. The molecule has 0 heterocycles. The highest BCUT2D eigenvalue weighted by Gasteiger charge is 2.18. The summed E-state index contributed by atoms with van der Waals surface area (Å²) >= 11 is 7.22. The van der Waals surface area contributed by atoms with Crippen LogP contribution < -0.4 is 5.32 Å². The van der Waals surface area contributed by atoms with Gasteiger partial charge in [-0.2, -0.15) is 11.8 Å². The van der Waals surface area contributed by atoms with Crippen LogP contribution in [0.3, 0.4) is 0 Å². The van der Waals surface area contributed by atoms with E-state index in [1.807, 2.05) is 13.2 Å². The van der Waals surface area contributed by atoms with Crippen LogP contribution in [0, 0.1) is 21.8 Å². The molecule has 0 saturated carbocycles. The second-order valence-electron chi connectivity index (χ2n) is 3.98. The largest absolute Gasteiger partial charge is 0.379 e. The molecule has 1 N–H and O–H groups in total. The number of nitrogens with one attached hydrogen (secondary N) is 1. The lowest BCUT2D eigenvalue weighted by Gasteiger charge is -2.12. The molecule has 0 bridgehead atoms. The molecule has 1 unspecified atom stereocenters. The van der Waals surface area contributed by atoms with Gasteiger partial charge in [-0.05, 0) is 17.9 Å². The first-order valence-corrected chi connectivity index (χ1v) is 7.09. The topological polar surface area (TPSA) is 55.2 Å². The van der Waals surface area contributed by atoms with E-state index in [1.54, 1.807) is 11.8 Å². The van der Waals surface area contributed by atoms with Crippen LogP contribution in [0.2, 0.25) is 5.02 Å². The van der Waals surface area contributed by atoms with Gasteiger partial charge in [0.2, 0.25) is 0 Å². The normalized spacial score (nSPS) is 12.2. The fourth-order valence-corrected chi connectivity index (χ4v) is 2.30. The Morgan fingerprint density at radius 3 is 2.83 bits per heavy atom. The van der Waals surface area contributed by atoms with E-state index in [9.17, 15) is 14.5 Å². The maximum Gasteiger partial charge on any atom is 0.294 e. The maximum atomic E-state index is 13.3. The van der Waals surface area contributed by atoms with Gasteiger partial charge in [0.15, 0.2) is 0 Å². The number of hydrogen-bond donors (Lipinski definition) is 1. The minimum Gasteiger partial charge on any atom is -0.379 e. The summed E-state index contributed by atoms with van der Waals surface area (Å²) in [7, 11) is 0. The van der Waals surface area contributed by atoms with Gasteiger partial charge in [0.25, 0.3) is 5.69 Å². The molecule has 0 spiro atoms. The molecular weight excluding hydrogens is 279 g/mol. The van der Waals surface area contributed by atoms with Gasteiger partial charge in [-0.15, -0.1) is 0 Å². The summed E-state index contributed by atoms with van der Waals surface area (Å²) in [5.74, 6) is 0.595. The third-order valence-corrected chi connectivity index (χ3v) is 3.52. The van der Waals surface area contributed by atoms with Crippen molar-refractivity contribution < 1.29 is 9.31 Å². The van der Waals surface area contributed by atoms with Crippen LogP contribution in [0.25, 0.3) is 0 Å². The van der Waals surface area contributed by atoms with E-state index >= 15 is 0 Å². The van der Waals surface area contributed by atoms with Crippen molar-refractivity contribution in [2.24, 2.45) is 5.92 Å². The van der Waals surface area contributed by atoms with Crippen molar-refractivity contribution in [2.45, 2.75) is 6.92 Å². The van der Waals surface area contributed by atoms with Crippen molar-refractivity contribution in [2.75, 3.05) is 23.9 Å². The minimum absolute atomic E-state index is 0.162. The van der Waals surface area contributed by atoms with Gasteiger partial charge >= 0.3 is 0 Å². The van der Waals surface area contributed by atoms with Gasteiger partial charge in [-0.25, -0.2) is 4.39 Å². The number of nitro benzene ring substituents is 1. The van der Waals surface area contributed by atoms with Gasteiger partial charge in [-0.3, -0.25) is 10.1 Å². The SMILES string of the molecule is CSCC(C)CNc1cc(F)c(Cl)cc1[N+](=O)[O-]. The third-order valence-electron chi connectivity index (χ3n) is 2.33. The van der Waals surface area contributed by atoms with E-state index in [0.29, 0.717) is 12.5 Å². The van der Waals surface area contributed by atoms with Crippen molar-refractivity contribution in [3.8, 4) is 0 Å². The van der Waals surface area contributed by atoms with Gasteiger partial charge in [-0.1, -0.05) is 18.5 Å². The zero-order valence-corrected chi connectivity index (χ0v) is 11.6. The first kappa shape index (κ1) is 15.0. The predicted octanol–water partition coefficient (Wildman–Crippen LogP) is 3.80. The molecule has 18 heavy (non-hydrogen) atoms. The molecule has 0 fully saturated rings. The lowest BCUT2D eigenvalue weighted by Crippen LogP contribution is -2.14. The Morgan fingerprint density at radius 2 is 2.28 bits per heavy atom. The Hall–Kier alpha value is -1.01. The molecule has 1 aromatic carbocycles. The average molecular weight is 293 g/mol. The maximum absolute atomic E-state index is 13.3. The van der Waals surface area contributed by atoms with Crippen LogP contribution in [0.4, 0.5) is 15.8 Å². The molecule has 0 aromatic heterocycles. The second kappa shape index (κ2) is 6.80. The van der Waals surface area contributed by atoms with E-state index in [4.69, 9.17) is 11.6 Å². The summed E-state index contributed by atoms with van der Waals surface area (Å²) < 4.78 is 13.3. The van der Waals surface area contributed by atoms with E-state index in [0.717, 1.165) is 17.9 Å².